The summed E-state index contributed by atoms with van der Waals surface area (Å²) in [7, 11) is 3.56. The molecule has 1 saturated carbocycles. The summed E-state index contributed by atoms with van der Waals surface area (Å²) in [6, 6.07) is 5.85. The predicted molar refractivity (Wildman–Crippen MR) is 79.3 cm³/mol. The topological polar surface area (TPSA) is 50.7 Å². The Morgan fingerprint density at radius 2 is 2.05 bits per heavy atom. The van der Waals surface area contributed by atoms with Gasteiger partial charge in [0.25, 0.3) is 0 Å². The van der Waals surface area contributed by atoms with Crippen LogP contribution < -0.4 is 14.8 Å². The molecule has 20 heavy (non-hydrogen) atoms. The lowest BCUT2D eigenvalue weighted by Gasteiger charge is -2.24. The van der Waals surface area contributed by atoms with Crippen LogP contribution in [0.15, 0.2) is 18.2 Å². The second-order valence-electron chi connectivity index (χ2n) is 5.37. The van der Waals surface area contributed by atoms with Gasteiger partial charge in [-0.25, -0.2) is 0 Å². The molecule has 0 bridgehead atoms. The van der Waals surface area contributed by atoms with Crippen LogP contribution in [-0.2, 0) is 6.54 Å². The second kappa shape index (κ2) is 7.50. The summed E-state index contributed by atoms with van der Waals surface area (Å²) < 4.78 is 11.4. The molecule has 2 unspecified atom stereocenters. The molecule has 0 spiro atoms. The fourth-order valence-corrected chi connectivity index (χ4v) is 2.66. The minimum Gasteiger partial charge on any atom is -0.497 e. The van der Waals surface area contributed by atoms with E-state index in [0.717, 1.165) is 49.3 Å². The van der Waals surface area contributed by atoms with Crippen molar-refractivity contribution in [2.75, 3.05) is 14.2 Å². The molecule has 112 valence electrons. The van der Waals surface area contributed by atoms with Crippen molar-refractivity contribution in [2.45, 2.75) is 50.9 Å². The minimum absolute atomic E-state index is 0.111. The van der Waals surface area contributed by atoms with Gasteiger partial charge in [-0.15, -0.1) is 0 Å². The third-order valence-electron chi connectivity index (χ3n) is 3.84. The lowest BCUT2D eigenvalue weighted by molar-refractivity contribution is 0.0313. The molecule has 0 aromatic heterocycles. The summed E-state index contributed by atoms with van der Waals surface area (Å²) in [5, 5.41) is 13.3. The highest BCUT2D eigenvalue weighted by Crippen LogP contribution is 2.29. The summed E-state index contributed by atoms with van der Waals surface area (Å²) in [5.41, 5.74) is 1.09. The summed E-state index contributed by atoms with van der Waals surface area (Å²) in [4.78, 5) is 0. The zero-order valence-corrected chi connectivity index (χ0v) is 12.4. The first kappa shape index (κ1) is 15.1. The van der Waals surface area contributed by atoms with Crippen molar-refractivity contribution in [3.63, 3.8) is 0 Å². The molecule has 1 aliphatic rings. The molecule has 0 saturated heterocycles. The molecule has 0 amide bonds. The molecule has 1 aromatic rings. The second-order valence-corrected chi connectivity index (χ2v) is 5.37. The molecular formula is C16H25NO3. The summed E-state index contributed by atoms with van der Waals surface area (Å²) in [6.07, 6.45) is 4.65. The van der Waals surface area contributed by atoms with Gasteiger partial charge in [0.05, 0.1) is 13.2 Å². The molecule has 2 atom stereocenters. The molecule has 4 nitrogen and oxygen atoms in total. The van der Waals surface area contributed by atoms with Crippen LogP contribution in [0, 0.1) is 0 Å². The highest BCUT2D eigenvalue weighted by atomic mass is 16.5. The molecule has 1 fully saturated rings. The Hall–Kier alpha value is -1.26. The Labute approximate surface area is 121 Å². The lowest BCUT2D eigenvalue weighted by Crippen LogP contribution is -2.31. The van der Waals surface area contributed by atoms with E-state index < -0.39 is 0 Å². The first-order chi connectivity index (χ1) is 9.74. The van der Waals surface area contributed by atoms with E-state index in [1.165, 1.54) is 6.42 Å². The minimum atomic E-state index is -0.369. The molecule has 0 heterocycles. The van der Waals surface area contributed by atoms with Crippen molar-refractivity contribution in [3.8, 4) is 11.5 Å². The number of methoxy groups -OCH3 is 1. The summed E-state index contributed by atoms with van der Waals surface area (Å²) >= 11 is 0. The van der Waals surface area contributed by atoms with E-state index in [1.807, 2.05) is 25.2 Å². The van der Waals surface area contributed by atoms with Crippen LogP contribution in [0.4, 0.5) is 0 Å². The van der Waals surface area contributed by atoms with E-state index in [0.29, 0.717) is 0 Å². The van der Waals surface area contributed by atoms with Crippen LogP contribution in [0.5, 0.6) is 11.5 Å². The van der Waals surface area contributed by atoms with Gasteiger partial charge in [-0.1, -0.05) is 18.9 Å². The monoisotopic (exact) mass is 279 g/mol. The molecule has 2 N–H and O–H groups in total. The van der Waals surface area contributed by atoms with E-state index in [-0.39, 0.29) is 12.2 Å². The smallest absolute Gasteiger partial charge is 0.128 e. The highest BCUT2D eigenvalue weighted by Gasteiger charge is 2.24. The van der Waals surface area contributed by atoms with Gasteiger partial charge in [0.15, 0.2) is 0 Å². The SMILES string of the molecule is CNCc1ccc(OC)cc1OC1CCCCCC1O. The van der Waals surface area contributed by atoms with Crippen LogP contribution in [0.1, 0.15) is 37.7 Å². The lowest BCUT2D eigenvalue weighted by atomic mass is 10.1. The zero-order chi connectivity index (χ0) is 14.4. The van der Waals surface area contributed by atoms with E-state index in [9.17, 15) is 5.11 Å². The number of aliphatic hydroxyl groups is 1. The summed E-state index contributed by atoms with van der Waals surface area (Å²) in [5.74, 6) is 1.59. The van der Waals surface area contributed by atoms with Crippen LogP contribution >= 0.6 is 0 Å². The molecule has 1 aliphatic carbocycles. The Morgan fingerprint density at radius 3 is 2.80 bits per heavy atom. The molecule has 0 aliphatic heterocycles. The average Bonchev–Trinajstić information content (AvgIpc) is 2.66. The van der Waals surface area contributed by atoms with E-state index >= 15 is 0 Å². The van der Waals surface area contributed by atoms with Crippen LogP contribution in [-0.4, -0.2) is 31.5 Å². The average molecular weight is 279 g/mol. The van der Waals surface area contributed by atoms with Crippen molar-refractivity contribution in [1.82, 2.24) is 5.32 Å². The number of aliphatic hydroxyl groups excluding tert-OH is 1. The maximum atomic E-state index is 10.2. The zero-order valence-electron chi connectivity index (χ0n) is 12.4. The fourth-order valence-electron chi connectivity index (χ4n) is 2.66. The normalized spacial score (nSPS) is 23.1. The Morgan fingerprint density at radius 1 is 1.25 bits per heavy atom. The van der Waals surface area contributed by atoms with E-state index in [4.69, 9.17) is 9.47 Å². The van der Waals surface area contributed by atoms with Gasteiger partial charge in [0.1, 0.15) is 17.6 Å². The van der Waals surface area contributed by atoms with Crippen molar-refractivity contribution in [2.24, 2.45) is 0 Å². The van der Waals surface area contributed by atoms with E-state index in [1.54, 1.807) is 7.11 Å². The molecule has 2 rings (SSSR count). The van der Waals surface area contributed by atoms with Crippen molar-refractivity contribution in [3.05, 3.63) is 23.8 Å². The maximum Gasteiger partial charge on any atom is 0.128 e. The van der Waals surface area contributed by atoms with E-state index in [2.05, 4.69) is 5.32 Å². The van der Waals surface area contributed by atoms with Gasteiger partial charge in [0, 0.05) is 18.2 Å². The quantitative estimate of drug-likeness (QED) is 0.813. The molecule has 1 aromatic carbocycles. The first-order valence-corrected chi connectivity index (χ1v) is 7.41. The van der Waals surface area contributed by atoms with Gasteiger partial charge in [-0.2, -0.15) is 0 Å². The van der Waals surface area contributed by atoms with Gasteiger partial charge < -0.3 is 19.9 Å². The fraction of sp³-hybridized carbons (Fsp3) is 0.625. The van der Waals surface area contributed by atoms with Crippen molar-refractivity contribution < 1.29 is 14.6 Å². The third kappa shape index (κ3) is 3.87. The maximum absolute atomic E-state index is 10.2. The van der Waals surface area contributed by atoms with Crippen molar-refractivity contribution in [1.29, 1.82) is 0 Å². The predicted octanol–water partition coefficient (Wildman–Crippen LogP) is 2.49. The number of ether oxygens (including phenoxy) is 2. The van der Waals surface area contributed by atoms with Crippen LogP contribution in [0.2, 0.25) is 0 Å². The number of benzene rings is 1. The molecular weight excluding hydrogens is 254 g/mol. The van der Waals surface area contributed by atoms with Gasteiger partial charge in [-0.3, -0.25) is 0 Å². The van der Waals surface area contributed by atoms with Gasteiger partial charge >= 0.3 is 0 Å². The largest absolute Gasteiger partial charge is 0.497 e. The molecule has 0 radical (unpaired) electrons. The van der Waals surface area contributed by atoms with Gasteiger partial charge in [-0.05, 0) is 32.4 Å². The van der Waals surface area contributed by atoms with Crippen molar-refractivity contribution >= 4 is 0 Å². The third-order valence-corrected chi connectivity index (χ3v) is 3.84. The van der Waals surface area contributed by atoms with Crippen LogP contribution in [0.3, 0.4) is 0 Å². The van der Waals surface area contributed by atoms with Gasteiger partial charge in [0.2, 0.25) is 0 Å². The number of hydrogen-bond donors (Lipinski definition) is 2. The highest BCUT2D eigenvalue weighted by molar-refractivity contribution is 5.41. The Bertz CT molecular complexity index is 422. The standard InChI is InChI=1S/C16H25NO3/c1-17-11-12-8-9-13(19-2)10-16(12)20-15-7-5-3-4-6-14(15)18/h8-10,14-15,17-18H,3-7,11H2,1-2H3. The first-order valence-electron chi connectivity index (χ1n) is 7.41. The molecule has 4 heteroatoms. The Balaban J connectivity index is 2.16. The Kier molecular flexibility index (Phi) is 5.68. The van der Waals surface area contributed by atoms with Crippen LogP contribution in [0.25, 0.3) is 0 Å². The number of hydrogen-bond acceptors (Lipinski definition) is 4. The number of nitrogens with one attached hydrogen (secondary N) is 1. The summed E-state index contributed by atoms with van der Waals surface area (Å²) in [6.45, 7) is 0.738. The number of rotatable bonds is 5.